The summed E-state index contributed by atoms with van der Waals surface area (Å²) >= 11 is 5.95. The van der Waals surface area contributed by atoms with Gasteiger partial charge in [0.05, 0.1) is 11.3 Å². The molecular formula is C15H9ClN4O3. The average molecular weight is 329 g/mol. The summed E-state index contributed by atoms with van der Waals surface area (Å²) in [5.74, 6) is -0.928. The fourth-order valence-corrected chi connectivity index (χ4v) is 2.19. The molecule has 114 valence electrons. The number of rotatable bonds is 4. The van der Waals surface area contributed by atoms with Gasteiger partial charge in [-0.2, -0.15) is 9.78 Å². The fourth-order valence-electron chi connectivity index (χ4n) is 2.00. The van der Waals surface area contributed by atoms with Crippen molar-refractivity contribution in [2.75, 3.05) is 0 Å². The fraction of sp³-hybridized carbons (Fsp3) is 0. The summed E-state index contributed by atoms with van der Waals surface area (Å²) < 4.78 is 1.09. The molecule has 23 heavy (non-hydrogen) atoms. The second-order valence-corrected chi connectivity index (χ2v) is 5.01. The van der Waals surface area contributed by atoms with Crippen molar-refractivity contribution in [1.29, 1.82) is 0 Å². The molecule has 0 aliphatic heterocycles. The second kappa shape index (κ2) is 5.98. The van der Waals surface area contributed by atoms with Crippen LogP contribution in [0.5, 0.6) is 0 Å². The molecule has 2 heterocycles. The highest BCUT2D eigenvalue weighted by Gasteiger charge is 2.14. The van der Waals surface area contributed by atoms with Gasteiger partial charge in [0.25, 0.3) is 0 Å². The quantitative estimate of drug-likeness (QED) is 0.738. The smallest absolute Gasteiger partial charge is 0.338 e. The van der Waals surface area contributed by atoms with E-state index in [0.717, 1.165) is 10.2 Å². The SMILES string of the molecule is O=Cn1nc(-c2cccc(Cl)c2)cc1-c1ncc(C(=O)O)cn1. The van der Waals surface area contributed by atoms with E-state index < -0.39 is 5.97 Å². The lowest BCUT2D eigenvalue weighted by Gasteiger charge is -1.99. The first-order valence-electron chi connectivity index (χ1n) is 6.45. The molecule has 1 N–H and O–H groups in total. The van der Waals surface area contributed by atoms with Crippen molar-refractivity contribution in [3.05, 3.63) is 53.3 Å². The number of hydrogen-bond donors (Lipinski definition) is 1. The van der Waals surface area contributed by atoms with E-state index in [1.807, 2.05) is 6.07 Å². The van der Waals surface area contributed by atoms with Crippen LogP contribution in [-0.2, 0) is 4.79 Å². The van der Waals surface area contributed by atoms with Crippen LogP contribution >= 0.6 is 11.6 Å². The molecule has 3 aromatic rings. The van der Waals surface area contributed by atoms with E-state index >= 15 is 0 Å². The number of carbonyl (C=O) groups excluding carboxylic acids is 1. The Bertz CT molecular complexity index is 890. The van der Waals surface area contributed by atoms with E-state index in [-0.39, 0.29) is 11.4 Å². The molecule has 0 amide bonds. The topological polar surface area (TPSA) is 98.0 Å². The Labute approximate surface area is 135 Å². The van der Waals surface area contributed by atoms with Gasteiger partial charge in [0, 0.05) is 23.0 Å². The van der Waals surface area contributed by atoms with Crippen molar-refractivity contribution in [3.8, 4) is 22.8 Å². The second-order valence-electron chi connectivity index (χ2n) is 4.58. The molecule has 0 aliphatic rings. The first-order valence-corrected chi connectivity index (χ1v) is 6.83. The predicted molar refractivity (Wildman–Crippen MR) is 82.8 cm³/mol. The summed E-state index contributed by atoms with van der Waals surface area (Å²) in [6.45, 7) is 0. The molecule has 0 saturated carbocycles. The Morgan fingerprint density at radius 3 is 2.57 bits per heavy atom. The average Bonchev–Trinajstić information content (AvgIpc) is 2.99. The van der Waals surface area contributed by atoms with Gasteiger partial charge < -0.3 is 5.11 Å². The number of nitrogens with zero attached hydrogens (tertiary/aromatic N) is 4. The molecule has 0 saturated heterocycles. The first-order chi connectivity index (χ1) is 11.1. The lowest BCUT2D eigenvalue weighted by Crippen LogP contribution is -2.04. The number of benzene rings is 1. The third-order valence-corrected chi connectivity index (χ3v) is 3.32. The Morgan fingerprint density at radius 1 is 1.22 bits per heavy atom. The molecule has 1 aromatic carbocycles. The number of halogens is 1. The molecule has 2 aromatic heterocycles. The van der Waals surface area contributed by atoms with Crippen LogP contribution in [0.2, 0.25) is 5.02 Å². The van der Waals surface area contributed by atoms with E-state index in [2.05, 4.69) is 15.1 Å². The number of aromatic carboxylic acids is 1. The Hall–Kier alpha value is -3.06. The van der Waals surface area contributed by atoms with Gasteiger partial charge in [0.15, 0.2) is 5.82 Å². The van der Waals surface area contributed by atoms with E-state index in [4.69, 9.17) is 16.7 Å². The zero-order chi connectivity index (χ0) is 16.4. The third kappa shape index (κ3) is 2.95. The van der Waals surface area contributed by atoms with Crippen molar-refractivity contribution < 1.29 is 14.7 Å². The summed E-state index contributed by atoms with van der Waals surface area (Å²) in [5.41, 5.74) is 1.58. The monoisotopic (exact) mass is 328 g/mol. The maximum absolute atomic E-state index is 11.2. The number of aromatic nitrogens is 4. The van der Waals surface area contributed by atoms with Gasteiger partial charge in [0.1, 0.15) is 5.69 Å². The lowest BCUT2D eigenvalue weighted by atomic mass is 10.1. The molecule has 3 rings (SSSR count). The zero-order valence-corrected chi connectivity index (χ0v) is 12.3. The molecule has 8 heteroatoms. The summed E-state index contributed by atoms with van der Waals surface area (Å²) in [7, 11) is 0. The van der Waals surface area contributed by atoms with Crippen molar-refractivity contribution in [2.24, 2.45) is 0 Å². The summed E-state index contributed by atoms with van der Waals surface area (Å²) in [6, 6.07) is 8.67. The molecule has 0 fully saturated rings. The number of carbonyl (C=O) groups is 2. The van der Waals surface area contributed by atoms with Gasteiger partial charge >= 0.3 is 5.97 Å². The van der Waals surface area contributed by atoms with Gasteiger partial charge in [-0.25, -0.2) is 14.8 Å². The maximum Gasteiger partial charge on any atom is 0.338 e. The minimum absolute atomic E-state index is 0.0408. The highest BCUT2D eigenvalue weighted by Crippen LogP contribution is 2.25. The van der Waals surface area contributed by atoms with Gasteiger partial charge in [-0.1, -0.05) is 23.7 Å². The number of carboxylic acid groups (broad SMARTS) is 1. The molecule has 0 unspecified atom stereocenters. The molecule has 0 radical (unpaired) electrons. The minimum atomic E-state index is -1.12. The molecule has 0 spiro atoms. The molecular weight excluding hydrogens is 320 g/mol. The van der Waals surface area contributed by atoms with Crippen LogP contribution in [0.1, 0.15) is 10.4 Å². The number of carboxylic acids is 1. The van der Waals surface area contributed by atoms with Gasteiger partial charge in [0.2, 0.25) is 6.41 Å². The highest BCUT2D eigenvalue weighted by molar-refractivity contribution is 6.30. The Kier molecular flexibility index (Phi) is 3.86. The standard InChI is InChI=1S/C15H9ClN4O3/c16-11-3-1-2-9(4-11)12-5-13(20(8-21)19-12)14-17-6-10(7-18-14)15(22)23/h1-8H,(H,22,23). The van der Waals surface area contributed by atoms with Crippen LogP contribution in [0.3, 0.4) is 0 Å². The van der Waals surface area contributed by atoms with Gasteiger partial charge in [-0.15, -0.1) is 0 Å². The van der Waals surface area contributed by atoms with Crippen molar-refractivity contribution >= 4 is 24.0 Å². The lowest BCUT2D eigenvalue weighted by molar-refractivity contribution is 0.0696. The van der Waals surface area contributed by atoms with Crippen LogP contribution in [0.25, 0.3) is 22.8 Å². The molecule has 7 nitrogen and oxygen atoms in total. The van der Waals surface area contributed by atoms with E-state index in [0.29, 0.717) is 22.8 Å². The van der Waals surface area contributed by atoms with Crippen molar-refractivity contribution in [2.45, 2.75) is 0 Å². The van der Waals surface area contributed by atoms with Gasteiger partial charge in [-0.3, -0.25) is 4.79 Å². The van der Waals surface area contributed by atoms with Crippen molar-refractivity contribution in [3.63, 3.8) is 0 Å². The maximum atomic E-state index is 11.2. The minimum Gasteiger partial charge on any atom is -0.478 e. The largest absolute Gasteiger partial charge is 0.478 e. The van der Waals surface area contributed by atoms with E-state index in [1.54, 1.807) is 24.3 Å². The normalized spacial score (nSPS) is 10.5. The summed E-state index contributed by atoms with van der Waals surface area (Å²) in [4.78, 5) is 30.0. The predicted octanol–water partition coefficient (Wildman–Crippen LogP) is 2.40. The molecule has 0 aliphatic carbocycles. The Balaban J connectivity index is 2.06. The van der Waals surface area contributed by atoms with Crippen LogP contribution in [0.15, 0.2) is 42.7 Å². The highest BCUT2D eigenvalue weighted by atomic mass is 35.5. The third-order valence-electron chi connectivity index (χ3n) is 3.08. The van der Waals surface area contributed by atoms with Crippen LogP contribution < -0.4 is 0 Å². The van der Waals surface area contributed by atoms with E-state index in [9.17, 15) is 9.59 Å². The first kappa shape index (κ1) is 14.9. The molecule has 0 bridgehead atoms. The van der Waals surface area contributed by atoms with Crippen LogP contribution in [0, 0.1) is 0 Å². The van der Waals surface area contributed by atoms with Crippen LogP contribution in [-0.4, -0.2) is 37.2 Å². The summed E-state index contributed by atoms with van der Waals surface area (Å²) in [6.07, 6.45) is 2.87. The van der Waals surface area contributed by atoms with Crippen molar-refractivity contribution in [1.82, 2.24) is 19.7 Å². The Morgan fingerprint density at radius 2 is 1.96 bits per heavy atom. The molecule has 0 atom stereocenters. The van der Waals surface area contributed by atoms with E-state index in [1.165, 1.54) is 12.4 Å². The zero-order valence-electron chi connectivity index (χ0n) is 11.5. The number of hydrogen-bond acceptors (Lipinski definition) is 5. The van der Waals surface area contributed by atoms with Gasteiger partial charge in [-0.05, 0) is 18.2 Å². The summed E-state index contributed by atoms with van der Waals surface area (Å²) in [5, 5.41) is 13.6. The van der Waals surface area contributed by atoms with Crippen LogP contribution in [0.4, 0.5) is 0 Å².